The first-order valence-electron chi connectivity index (χ1n) is 8.99. The number of nitrogens with two attached hydrogens (primary N) is 1. The molecule has 2 aromatic carbocycles. The summed E-state index contributed by atoms with van der Waals surface area (Å²) in [6, 6.07) is 18.5. The molecule has 144 valence electrons. The van der Waals surface area contributed by atoms with Crippen LogP contribution in [0.5, 0.6) is 11.5 Å². The van der Waals surface area contributed by atoms with Crippen LogP contribution < -0.4 is 16.0 Å². The smallest absolute Gasteiger partial charge is 0.268 e. The molecule has 1 aromatic heterocycles. The molecular weight excluding hydrogens is 364 g/mol. The lowest BCUT2D eigenvalue weighted by atomic mass is 9.87. The number of nitriles is 2. The van der Waals surface area contributed by atoms with Crippen molar-refractivity contribution in [3.8, 4) is 34.8 Å². The van der Waals surface area contributed by atoms with E-state index in [0.29, 0.717) is 17.1 Å². The number of ether oxygens (including phenoxy) is 1. The quantitative estimate of drug-likeness (QED) is 0.692. The summed E-state index contributed by atoms with van der Waals surface area (Å²) in [5.74, 6) is 1.22. The van der Waals surface area contributed by atoms with Gasteiger partial charge in [-0.15, -0.1) is 0 Å². The van der Waals surface area contributed by atoms with Crippen molar-refractivity contribution in [2.45, 2.75) is 26.2 Å². The number of anilines is 1. The monoisotopic (exact) mass is 384 g/mol. The molecule has 3 N–H and O–H groups in total. The fraction of sp³-hybridized carbons (Fsp3) is 0.174. The fourth-order valence-corrected chi connectivity index (χ4v) is 2.98. The average Bonchev–Trinajstić information content (AvgIpc) is 2.68. The Balaban J connectivity index is 1.93. The number of hydrogen-bond donors (Lipinski definition) is 2. The lowest BCUT2D eigenvalue weighted by Crippen LogP contribution is -2.16. The average molecular weight is 384 g/mol. The lowest BCUT2D eigenvalue weighted by Gasteiger charge is -2.19. The van der Waals surface area contributed by atoms with Crippen LogP contribution in [0.1, 0.15) is 37.5 Å². The summed E-state index contributed by atoms with van der Waals surface area (Å²) in [6.45, 7) is 6.44. The number of nitrogen functional groups attached to an aromatic ring is 1. The van der Waals surface area contributed by atoms with Crippen LogP contribution in [0.25, 0.3) is 11.1 Å². The first-order valence-corrected chi connectivity index (χ1v) is 8.99. The number of H-pyrrole nitrogens is 1. The number of pyridine rings is 1. The van der Waals surface area contributed by atoms with E-state index in [1.165, 1.54) is 5.56 Å². The van der Waals surface area contributed by atoms with Crippen LogP contribution in [0.3, 0.4) is 0 Å². The van der Waals surface area contributed by atoms with Crippen LogP contribution in [-0.4, -0.2) is 4.98 Å². The Morgan fingerprint density at radius 3 is 1.90 bits per heavy atom. The van der Waals surface area contributed by atoms with Gasteiger partial charge in [0.2, 0.25) is 0 Å². The summed E-state index contributed by atoms with van der Waals surface area (Å²) in [4.78, 5) is 14.4. The number of benzene rings is 2. The number of aromatic amines is 1. The van der Waals surface area contributed by atoms with E-state index < -0.39 is 5.56 Å². The van der Waals surface area contributed by atoms with Crippen LogP contribution in [0, 0.1) is 22.7 Å². The molecule has 0 aliphatic rings. The predicted molar refractivity (Wildman–Crippen MR) is 112 cm³/mol. The maximum absolute atomic E-state index is 12.0. The van der Waals surface area contributed by atoms with Crippen LogP contribution >= 0.6 is 0 Å². The molecule has 1 heterocycles. The normalized spacial score (nSPS) is 10.8. The Bertz CT molecular complexity index is 1190. The van der Waals surface area contributed by atoms with Crippen LogP contribution in [0.2, 0.25) is 0 Å². The molecule has 3 aromatic rings. The number of nitrogens with zero attached hydrogens (tertiary/aromatic N) is 2. The molecular formula is C23H20N4O2. The topological polar surface area (TPSA) is 116 Å². The molecule has 0 saturated carbocycles. The van der Waals surface area contributed by atoms with Crippen molar-refractivity contribution in [3.63, 3.8) is 0 Å². The summed E-state index contributed by atoms with van der Waals surface area (Å²) < 4.78 is 5.87. The van der Waals surface area contributed by atoms with Gasteiger partial charge in [-0.25, -0.2) is 0 Å². The van der Waals surface area contributed by atoms with E-state index in [4.69, 9.17) is 10.5 Å². The second-order valence-electron chi connectivity index (χ2n) is 7.62. The summed E-state index contributed by atoms with van der Waals surface area (Å²) in [5, 5.41) is 18.8. The molecule has 0 atom stereocenters. The standard InChI is InChI=1S/C23H20N4O2/c1-23(2,3)15-6-10-17(11-7-15)29-16-8-4-14(5-9-16)20-18(12-24)21(26)27-22(28)19(20)13-25/h4-11H,1-3H3,(H3,26,27,28). The van der Waals surface area contributed by atoms with Gasteiger partial charge in [0, 0.05) is 5.56 Å². The Hall–Kier alpha value is -4.03. The fourth-order valence-electron chi connectivity index (χ4n) is 2.98. The number of hydrogen-bond acceptors (Lipinski definition) is 5. The molecule has 0 radical (unpaired) electrons. The Morgan fingerprint density at radius 2 is 1.41 bits per heavy atom. The van der Waals surface area contributed by atoms with Gasteiger partial charge in [0.1, 0.15) is 40.6 Å². The first kappa shape index (κ1) is 19.7. The molecule has 0 aliphatic heterocycles. The zero-order valence-corrected chi connectivity index (χ0v) is 16.4. The molecule has 0 aliphatic carbocycles. The summed E-state index contributed by atoms with van der Waals surface area (Å²) >= 11 is 0. The van der Waals surface area contributed by atoms with Gasteiger partial charge in [-0.2, -0.15) is 10.5 Å². The highest BCUT2D eigenvalue weighted by Gasteiger charge is 2.18. The van der Waals surface area contributed by atoms with Gasteiger partial charge >= 0.3 is 0 Å². The van der Waals surface area contributed by atoms with E-state index in [1.54, 1.807) is 24.3 Å². The van der Waals surface area contributed by atoms with Crippen molar-refractivity contribution in [2.24, 2.45) is 0 Å². The maximum Gasteiger partial charge on any atom is 0.268 e. The van der Waals surface area contributed by atoms with Crippen LogP contribution in [0.15, 0.2) is 53.3 Å². The highest BCUT2D eigenvalue weighted by Crippen LogP contribution is 2.31. The molecule has 6 nitrogen and oxygen atoms in total. The van der Waals surface area contributed by atoms with Crippen molar-refractivity contribution in [1.29, 1.82) is 10.5 Å². The van der Waals surface area contributed by atoms with Crippen LogP contribution in [0.4, 0.5) is 5.82 Å². The Morgan fingerprint density at radius 1 is 0.897 bits per heavy atom. The van der Waals surface area contributed by atoms with Gasteiger partial charge in [0.25, 0.3) is 5.56 Å². The first-order chi connectivity index (χ1) is 13.7. The van der Waals surface area contributed by atoms with Crippen molar-refractivity contribution in [1.82, 2.24) is 4.98 Å². The van der Waals surface area contributed by atoms with Crippen molar-refractivity contribution < 1.29 is 4.74 Å². The van der Waals surface area contributed by atoms with E-state index in [-0.39, 0.29) is 27.9 Å². The Labute approximate surface area is 168 Å². The third-order valence-electron chi connectivity index (χ3n) is 4.57. The maximum atomic E-state index is 12.0. The van der Waals surface area contributed by atoms with Gasteiger partial charge in [-0.3, -0.25) is 4.79 Å². The molecule has 29 heavy (non-hydrogen) atoms. The zero-order valence-electron chi connectivity index (χ0n) is 16.4. The van der Waals surface area contributed by atoms with Gasteiger partial charge in [-0.05, 0) is 40.8 Å². The van der Waals surface area contributed by atoms with Gasteiger partial charge in [0.05, 0.1) is 0 Å². The van der Waals surface area contributed by atoms with Gasteiger partial charge in [-0.1, -0.05) is 45.0 Å². The van der Waals surface area contributed by atoms with Crippen molar-refractivity contribution in [3.05, 3.63) is 75.6 Å². The number of rotatable bonds is 3. The highest BCUT2D eigenvalue weighted by molar-refractivity contribution is 5.80. The second kappa shape index (κ2) is 7.53. The minimum absolute atomic E-state index is 0.0620. The lowest BCUT2D eigenvalue weighted by molar-refractivity contribution is 0.481. The third-order valence-corrected chi connectivity index (χ3v) is 4.57. The van der Waals surface area contributed by atoms with Gasteiger partial charge in [0.15, 0.2) is 0 Å². The summed E-state index contributed by atoms with van der Waals surface area (Å²) in [6.07, 6.45) is 0. The van der Waals surface area contributed by atoms with E-state index in [9.17, 15) is 15.3 Å². The molecule has 0 amide bonds. The van der Waals surface area contributed by atoms with E-state index in [2.05, 4.69) is 25.8 Å². The molecule has 0 unspecified atom stereocenters. The molecule has 0 bridgehead atoms. The number of nitrogens with one attached hydrogen (secondary N) is 1. The van der Waals surface area contributed by atoms with E-state index in [1.807, 2.05) is 36.4 Å². The second-order valence-corrected chi connectivity index (χ2v) is 7.62. The van der Waals surface area contributed by atoms with Gasteiger partial charge < -0.3 is 15.5 Å². The predicted octanol–water partition coefficient (Wildman–Crippen LogP) is 4.46. The molecule has 3 rings (SSSR count). The Kier molecular flexibility index (Phi) is 5.12. The SMILES string of the molecule is CC(C)(C)c1ccc(Oc2ccc(-c3c(C#N)c(N)[nH]c(=O)c3C#N)cc2)cc1. The minimum atomic E-state index is -0.627. The van der Waals surface area contributed by atoms with Crippen molar-refractivity contribution >= 4 is 5.82 Å². The molecule has 0 saturated heterocycles. The summed E-state index contributed by atoms with van der Waals surface area (Å²) in [7, 11) is 0. The third kappa shape index (κ3) is 3.97. The number of aromatic nitrogens is 1. The molecule has 0 fully saturated rings. The van der Waals surface area contributed by atoms with E-state index >= 15 is 0 Å². The zero-order chi connectivity index (χ0) is 21.2. The summed E-state index contributed by atoms with van der Waals surface area (Å²) in [5.41, 5.74) is 7.07. The molecule has 6 heteroatoms. The molecule has 0 spiro atoms. The van der Waals surface area contributed by atoms with E-state index in [0.717, 1.165) is 0 Å². The highest BCUT2D eigenvalue weighted by atomic mass is 16.5. The van der Waals surface area contributed by atoms with Crippen molar-refractivity contribution in [2.75, 3.05) is 5.73 Å². The largest absolute Gasteiger partial charge is 0.457 e. The van der Waals surface area contributed by atoms with Crippen LogP contribution in [-0.2, 0) is 5.41 Å². The minimum Gasteiger partial charge on any atom is -0.457 e.